The van der Waals surface area contributed by atoms with Crippen molar-refractivity contribution in [2.75, 3.05) is 0 Å². The van der Waals surface area contributed by atoms with Gasteiger partial charge in [0.1, 0.15) is 0 Å². The molecule has 0 aliphatic rings. The van der Waals surface area contributed by atoms with Crippen LogP contribution in [0.2, 0.25) is 0 Å². The molecule has 0 atom stereocenters. The van der Waals surface area contributed by atoms with E-state index in [0.717, 1.165) is 12.1 Å². The lowest BCUT2D eigenvalue weighted by Crippen LogP contribution is -2.05. The van der Waals surface area contributed by atoms with Crippen LogP contribution >= 0.6 is 0 Å². The Bertz CT molecular complexity index is 437. The highest BCUT2D eigenvalue weighted by molar-refractivity contribution is 5.78. The lowest BCUT2D eigenvalue weighted by atomic mass is 10.2. The second kappa shape index (κ2) is 5.66. The summed E-state index contributed by atoms with van der Waals surface area (Å²) in [6.07, 6.45) is 5.28. The van der Waals surface area contributed by atoms with Crippen molar-refractivity contribution < 1.29 is 0 Å². The molecule has 0 aliphatic carbocycles. The van der Waals surface area contributed by atoms with Gasteiger partial charge in [0.05, 0.1) is 12.8 Å². The lowest BCUT2D eigenvalue weighted by Gasteiger charge is -1.99. The SMILES string of the molecule is C(=NNCc1ccccc1)c1cccnc1. The number of pyridine rings is 1. The third-order valence-electron chi connectivity index (χ3n) is 2.12. The molecule has 0 spiro atoms. The molecule has 80 valence electrons. The Balaban J connectivity index is 1.83. The van der Waals surface area contributed by atoms with Gasteiger partial charge in [-0.15, -0.1) is 0 Å². The first-order chi connectivity index (χ1) is 7.95. The van der Waals surface area contributed by atoms with Crippen LogP contribution < -0.4 is 5.43 Å². The fourth-order valence-electron chi connectivity index (χ4n) is 1.31. The summed E-state index contributed by atoms with van der Waals surface area (Å²) in [5, 5.41) is 4.12. The summed E-state index contributed by atoms with van der Waals surface area (Å²) in [6.45, 7) is 0.734. The molecule has 0 saturated heterocycles. The molecular weight excluding hydrogens is 198 g/mol. The van der Waals surface area contributed by atoms with Gasteiger partial charge in [-0.05, 0) is 11.6 Å². The van der Waals surface area contributed by atoms with Gasteiger partial charge < -0.3 is 5.43 Å². The maximum atomic E-state index is 4.12. The van der Waals surface area contributed by atoms with E-state index < -0.39 is 0 Å². The van der Waals surface area contributed by atoms with Gasteiger partial charge in [-0.25, -0.2) is 0 Å². The van der Waals surface area contributed by atoms with Gasteiger partial charge in [0.25, 0.3) is 0 Å². The summed E-state index contributed by atoms with van der Waals surface area (Å²) in [5.74, 6) is 0. The van der Waals surface area contributed by atoms with E-state index in [1.807, 2.05) is 30.3 Å². The van der Waals surface area contributed by atoms with Crippen LogP contribution in [-0.2, 0) is 6.54 Å². The van der Waals surface area contributed by atoms with Gasteiger partial charge in [-0.1, -0.05) is 36.4 Å². The predicted molar refractivity (Wildman–Crippen MR) is 65.1 cm³/mol. The van der Waals surface area contributed by atoms with Crippen molar-refractivity contribution in [1.29, 1.82) is 0 Å². The van der Waals surface area contributed by atoms with Crippen LogP contribution in [0.1, 0.15) is 11.1 Å². The number of nitrogens with one attached hydrogen (secondary N) is 1. The van der Waals surface area contributed by atoms with Gasteiger partial charge in [-0.3, -0.25) is 4.98 Å². The number of hydrogen-bond donors (Lipinski definition) is 1. The van der Waals surface area contributed by atoms with Crippen LogP contribution in [0.3, 0.4) is 0 Å². The third kappa shape index (κ3) is 3.20. The molecule has 0 radical (unpaired) electrons. The molecule has 1 aromatic carbocycles. The normalized spacial score (nSPS) is 10.5. The number of aromatic nitrogens is 1. The Morgan fingerprint density at radius 2 is 2.00 bits per heavy atom. The number of nitrogens with zero attached hydrogens (tertiary/aromatic N) is 2. The Morgan fingerprint density at radius 3 is 2.75 bits per heavy atom. The van der Waals surface area contributed by atoms with Crippen molar-refractivity contribution in [3.05, 3.63) is 66.0 Å². The molecule has 3 heteroatoms. The van der Waals surface area contributed by atoms with Gasteiger partial charge in [0.2, 0.25) is 0 Å². The maximum Gasteiger partial charge on any atom is 0.0580 e. The van der Waals surface area contributed by atoms with Crippen LogP contribution in [0.5, 0.6) is 0 Å². The van der Waals surface area contributed by atoms with Gasteiger partial charge in [0, 0.05) is 18.0 Å². The first-order valence-corrected chi connectivity index (χ1v) is 5.15. The molecule has 0 saturated carbocycles. The average Bonchev–Trinajstić information content (AvgIpc) is 2.37. The molecule has 0 amide bonds. The zero-order valence-corrected chi connectivity index (χ0v) is 8.88. The first kappa shape index (κ1) is 10.4. The van der Waals surface area contributed by atoms with Gasteiger partial charge >= 0.3 is 0 Å². The lowest BCUT2D eigenvalue weighted by molar-refractivity contribution is 0.748. The molecule has 0 unspecified atom stereocenters. The van der Waals surface area contributed by atoms with Crippen molar-refractivity contribution in [3.8, 4) is 0 Å². The smallest absolute Gasteiger partial charge is 0.0580 e. The molecule has 0 bridgehead atoms. The van der Waals surface area contributed by atoms with E-state index in [1.54, 1.807) is 18.6 Å². The second-order valence-electron chi connectivity index (χ2n) is 3.37. The molecule has 2 rings (SSSR count). The van der Waals surface area contributed by atoms with E-state index in [9.17, 15) is 0 Å². The fraction of sp³-hybridized carbons (Fsp3) is 0.0769. The van der Waals surface area contributed by atoms with Crippen molar-refractivity contribution in [2.24, 2.45) is 5.10 Å². The highest BCUT2D eigenvalue weighted by Gasteiger charge is 1.87. The largest absolute Gasteiger partial charge is 0.306 e. The van der Waals surface area contributed by atoms with E-state index in [-0.39, 0.29) is 0 Å². The summed E-state index contributed by atoms with van der Waals surface area (Å²) in [7, 11) is 0. The standard InChI is InChI=1S/C13H13N3/c1-2-5-12(6-3-1)10-15-16-11-13-7-4-8-14-9-13/h1-9,11,15H,10H2. The highest BCUT2D eigenvalue weighted by atomic mass is 15.3. The number of benzene rings is 1. The minimum absolute atomic E-state index is 0.734. The minimum atomic E-state index is 0.734. The van der Waals surface area contributed by atoms with Crippen LogP contribution in [0.25, 0.3) is 0 Å². The minimum Gasteiger partial charge on any atom is -0.306 e. The quantitative estimate of drug-likeness (QED) is 0.622. The van der Waals surface area contributed by atoms with Crippen molar-refractivity contribution in [1.82, 2.24) is 10.4 Å². The zero-order valence-electron chi connectivity index (χ0n) is 8.88. The molecule has 16 heavy (non-hydrogen) atoms. The summed E-state index contributed by atoms with van der Waals surface area (Å²) >= 11 is 0. The Labute approximate surface area is 94.9 Å². The maximum absolute atomic E-state index is 4.12. The molecular formula is C13H13N3. The number of rotatable bonds is 4. The van der Waals surface area contributed by atoms with Crippen LogP contribution in [0, 0.1) is 0 Å². The summed E-state index contributed by atoms with van der Waals surface area (Å²) in [4.78, 5) is 4.00. The van der Waals surface area contributed by atoms with Crippen LogP contribution in [0.15, 0.2) is 60.0 Å². The van der Waals surface area contributed by atoms with E-state index in [0.29, 0.717) is 0 Å². The number of hydrogen-bond acceptors (Lipinski definition) is 3. The van der Waals surface area contributed by atoms with Crippen LogP contribution in [-0.4, -0.2) is 11.2 Å². The third-order valence-corrected chi connectivity index (χ3v) is 2.12. The predicted octanol–water partition coefficient (Wildman–Crippen LogP) is 2.21. The summed E-state index contributed by atoms with van der Waals surface area (Å²) in [5.41, 5.74) is 5.19. The molecule has 0 aliphatic heterocycles. The summed E-state index contributed by atoms with van der Waals surface area (Å²) < 4.78 is 0. The van der Waals surface area contributed by atoms with Crippen molar-refractivity contribution in [2.45, 2.75) is 6.54 Å². The first-order valence-electron chi connectivity index (χ1n) is 5.15. The van der Waals surface area contributed by atoms with E-state index in [1.165, 1.54) is 5.56 Å². The van der Waals surface area contributed by atoms with Crippen molar-refractivity contribution >= 4 is 6.21 Å². The Hall–Kier alpha value is -2.16. The monoisotopic (exact) mass is 211 g/mol. The molecule has 1 aromatic heterocycles. The molecule has 3 nitrogen and oxygen atoms in total. The van der Waals surface area contributed by atoms with Crippen LogP contribution in [0.4, 0.5) is 0 Å². The van der Waals surface area contributed by atoms with E-state index >= 15 is 0 Å². The van der Waals surface area contributed by atoms with Gasteiger partial charge in [0.15, 0.2) is 0 Å². The molecule has 2 aromatic rings. The molecule has 1 N–H and O–H groups in total. The average molecular weight is 211 g/mol. The molecule has 0 fully saturated rings. The Morgan fingerprint density at radius 1 is 1.12 bits per heavy atom. The van der Waals surface area contributed by atoms with E-state index in [2.05, 4.69) is 27.6 Å². The highest BCUT2D eigenvalue weighted by Crippen LogP contribution is 1.97. The molecule has 1 heterocycles. The number of hydrazone groups is 1. The topological polar surface area (TPSA) is 37.3 Å². The van der Waals surface area contributed by atoms with Crippen molar-refractivity contribution in [3.63, 3.8) is 0 Å². The second-order valence-corrected chi connectivity index (χ2v) is 3.37. The fourth-order valence-corrected chi connectivity index (χ4v) is 1.31. The summed E-state index contributed by atoms with van der Waals surface area (Å²) in [6, 6.07) is 14.0. The van der Waals surface area contributed by atoms with Gasteiger partial charge in [-0.2, -0.15) is 5.10 Å². The Kier molecular flexibility index (Phi) is 3.66. The zero-order chi connectivity index (χ0) is 11.1. The van der Waals surface area contributed by atoms with E-state index in [4.69, 9.17) is 0 Å².